The van der Waals surface area contributed by atoms with Crippen molar-refractivity contribution in [2.45, 2.75) is 18.5 Å². The van der Waals surface area contributed by atoms with E-state index in [0.29, 0.717) is 37.3 Å². The molecule has 1 saturated heterocycles. The molecule has 1 aliphatic heterocycles. The molecule has 198 valence electrons. The van der Waals surface area contributed by atoms with Crippen LogP contribution in [0.5, 0.6) is 5.88 Å². The van der Waals surface area contributed by atoms with E-state index in [9.17, 15) is 22.8 Å². The summed E-state index contributed by atoms with van der Waals surface area (Å²) in [5.74, 6) is 0.750. The summed E-state index contributed by atoms with van der Waals surface area (Å²) in [6.45, 7) is 1.73. The topological polar surface area (TPSA) is 87.7 Å². The van der Waals surface area contributed by atoms with E-state index in [1.807, 2.05) is 23.1 Å². The van der Waals surface area contributed by atoms with Gasteiger partial charge in [0.15, 0.2) is 5.82 Å². The largest absolute Gasteiger partial charge is 0.417 e. The van der Waals surface area contributed by atoms with E-state index >= 15 is 0 Å². The van der Waals surface area contributed by atoms with Crippen LogP contribution in [0.3, 0.4) is 0 Å². The first kappa shape index (κ1) is 25.5. The molecule has 1 saturated carbocycles. The van der Waals surface area contributed by atoms with Crippen molar-refractivity contribution in [3.05, 3.63) is 83.4 Å². The van der Waals surface area contributed by atoms with Crippen LogP contribution < -0.4 is 15.0 Å². The van der Waals surface area contributed by atoms with Crippen LogP contribution in [0, 0.1) is 5.92 Å². The highest BCUT2D eigenvalue weighted by atomic mass is 19.4. The normalized spacial score (nSPS) is 19.1. The average molecular weight is 526 g/mol. The summed E-state index contributed by atoms with van der Waals surface area (Å²) in [4.78, 5) is 28.2. The van der Waals surface area contributed by atoms with E-state index in [0.717, 1.165) is 12.5 Å². The molecule has 3 aromatic rings. The second-order valence-electron chi connectivity index (χ2n) is 9.34. The van der Waals surface area contributed by atoms with Gasteiger partial charge in [0.2, 0.25) is 5.88 Å². The van der Waals surface area contributed by atoms with Gasteiger partial charge in [-0.15, -0.1) is 10.2 Å². The minimum absolute atomic E-state index is 0.0548. The number of carbonyl (C=O) groups is 2. The third-order valence-electron chi connectivity index (χ3n) is 6.84. The predicted octanol–water partition coefficient (Wildman–Crippen LogP) is 4.35. The highest BCUT2D eigenvalue weighted by molar-refractivity contribution is 5.96. The number of hydrogen-bond donors (Lipinski definition) is 1. The molecule has 2 aromatic carbocycles. The first-order chi connectivity index (χ1) is 18.3. The van der Waals surface area contributed by atoms with Gasteiger partial charge in [0.05, 0.1) is 11.1 Å². The van der Waals surface area contributed by atoms with Crippen molar-refractivity contribution in [2.24, 2.45) is 5.92 Å². The fourth-order valence-corrected chi connectivity index (χ4v) is 4.69. The molecule has 2 fully saturated rings. The number of hydrogen-bond acceptors (Lipinski definition) is 6. The Balaban J connectivity index is 1.09. The summed E-state index contributed by atoms with van der Waals surface area (Å²) < 4.78 is 45.1. The standard InChI is InChI=1S/C27H26F3N5O3/c28-27(29,30)22-9-5-4-8-20(22)25(36)35-14-12-34(13-15-35)23-10-11-24(33-32-23)38-26(37)31-17-19-16-21(19)18-6-2-1-3-7-18/h1-11,19,21H,12-17H2,(H,31,37). The zero-order valence-electron chi connectivity index (χ0n) is 20.4. The molecule has 2 amide bonds. The fraction of sp³-hybridized carbons (Fsp3) is 0.333. The van der Waals surface area contributed by atoms with Crippen LogP contribution in [0.2, 0.25) is 0 Å². The Kier molecular flexibility index (Phi) is 7.17. The lowest BCUT2D eigenvalue weighted by atomic mass is 10.1. The van der Waals surface area contributed by atoms with Gasteiger partial charge in [0.25, 0.3) is 5.91 Å². The molecule has 8 nitrogen and oxygen atoms in total. The SMILES string of the molecule is O=C(NCC1CC1c1ccccc1)Oc1ccc(N2CCN(C(=O)c3ccccc3C(F)(F)F)CC2)nn1. The Morgan fingerprint density at radius 3 is 2.32 bits per heavy atom. The number of ether oxygens (including phenoxy) is 1. The van der Waals surface area contributed by atoms with E-state index in [1.165, 1.54) is 34.7 Å². The number of anilines is 1. The van der Waals surface area contributed by atoms with E-state index in [4.69, 9.17) is 4.74 Å². The van der Waals surface area contributed by atoms with Crippen LogP contribution in [0.15, 0.2) is 66.7 Å². The molecular formula is C27H26F3N5O3. The number of benzene rings is 2. The number of alkyl halides is 3. The number of halogens is 3. The smallest absolute Gasteiger partial charge is 0.390 e. The maximum absolute atomic E-state index is 13.3. The van der Waals surface area contributed by atoms with Gasteiger partial charge in [-0.3, -0.25) is 4.79 Å². The Morgan fingerprint density at radius 1 is 0.921 bits per heavy atom. The lowest BCUT2D eigenvalue weighted by Gasteiger charge is -2.35. The van der Waals surface area contributed by atoms with Gasteiger partial charge in [0.1, 0.15) is 0 Å². The van der Waals surface area contributed by atoms with Gasteiger partial charge in [-0.2, -0.15) is 13.2 Å². The van der Waals surface area contributed by atoms with Crippen molar-refractivity contribution in [3.8, 4) is 5.88 Å². The van der Waals surface area contributed by atoms with E-state index in [-0.39, 0.29) is 24.5 Å². The van der Waals surface area contributed by atoms with Gasteiger partial charge < -0.3 is 19.9 Å². The number of piperazine rings is 1. The minimum Gasteiger partial charge on any atom is -0.390 e. The predicted molar refractivity (Wildman–Crippen MR) is 133 cm³/mol. The molecule has 1 N–H and O–H groups in total. The number of nitrogens with one attached hydrogen (secondary N) is 1. The van der Waals surface area contributed by atoms with E-state index in [2.05, 4.69) is 27.6 Å². The lowest BCUT2D eigenvalue weighted by Crippen LogP contribution is -2.49. The van der Waals surface area contributed by atoms with Gasteiger partial charge in [-0.25, -0.2) is 4.79 Å². The number of nitrogens with zero attached hydrogens (tertiary/aromatic N) is 4. The van der Waals surface area contributed by atoms with Crippen LogP contribution >= 0.6 is 0 Å². The monoisotopic (exact) mass is 525 g/mol. The molecule has 2 atom stereocenters. The van der Waals surface area contributed by atoms with Crippen LogP contribution in [-0.4, -0.2) is 59.8 Å². The molecule has 1 aliphatic carbocycles. The van der Waals surface area contributed by atoms with Gasteiger partial charge in [-0.05, 0) is 42.0 Å². The molecule has 0 bridgehead atoms. The van der Waals surface area contributed by atoms with Crippen molar-refractivity contribution < 1.29 is 27.5 Å². The average Bonchev–Trinajstić information content (AvgIpc) is 3.72. The Labute approximate surface area is 217 Å². The summed E-state index contributed by atoms with van der Waals surface area (Å²) in [6.07, 6.45) is -4.18. The van der Waals surface area contributed by atoms with Crippen LogP contribution in [0.25, 0.3) is 0 Å². The molecule has 11 heteroatoms. The van der Waals surface area contributed by atoms with Crippen LogP contribution in [0.1, 0.15) is 33.8 Å². The summed E-state index contributed by atoms with van der Waals surface area (Å²) in [5.41, 5.74) is -0.0261. The van der Waals surface area contributed by atoms with Crippen molar-refractivity contribution >= 4 is 17.8 Å². The zero-order valence-corrected chi connectivity index (χ0v) is 20.4. The first-order valence-electron chi connectivity index (χ1n) is 12.3. The Hall–Kier alpha value is -4.15. The molecule has 1 aromatic heterocycles. The Bertz CT molecular complexity index is 1280. The molecule has 5 rings (SSSR count). The number of carbonyl (C=O) groups excluding carboxylic acids is 2. The van der Waals surface area contributed by atoms with E-state index < -0.39 is 23.7 Å². The minimum atomic E-state index is -4.60. The maximum atomic E-state index is 13.3. The molecule has 2 heterocycles. The van der Waals surface area contributed by atoms with E-state index in [1.54, 1.807) is 6.07 Å². The van der Waals surface area contributed by atoms with Crippen molar-refractivity contribution in [3.63, 3.8) is 0 Å². The molecule has 38 heavy (non-hydrogen) atoms. The summed E-state index contributed by atoms with van der Waals surface area (Å²) in [6, 6.07) is 18.1. The molecule has 2 unspecified atom stereocenters. The summed E-state index contributed by atoms with van der Waals surface area (Å²) in [7, 11) is 0. The fourth-order valence-electron chi connectivity index (χ4n) is 4.69. The second-order valence-corrected chi connectivity index (χ2v) is 9.34. The quantitative estimate of drug-likeness (QED) is 0.515. The molecular weight excluding hydrogens is 499 g/mol. The lowest BCUT2D eigenvalue weighted by molar-refractivity contribution is -0.138. The highest BCUT2D eigenvalue weighted by Gasteiger charge is 2.38. The maximum Gasteiger partial charge on any atom is 0.417 e. The number of aromatic nitrogens is 2. The van der Waals surface area contributed by atoms with Crippen LogP contribution in [0.4, 0.5) is 23.8 Å². The highest BCUT2D eigenvalue weighted by Crippen LogP contribution is 2.46. The Morgan fingerprint density at radius 2 is 1.63 bits per heavy atom. The molecule has 0 spiro atoms. The third-order valence-corrected chi connectivity index (χ3v) is 6.84. The zero-order chi connectivity index (χ0) is 26.7. The van der Waals surface area contributed by atoms with Crippen molar-refractivity contribution in [1.82, 2.24) is 20.4 Å². The third kappa shape index (κ3) is 5.87. The summed E-state index contributed by atoms with van der Waals surface area (Å²) in [5, 5.41) is 10.8. The van der Waals surface area contributed by atoms with Gasteiger partial charge in [0, 0.05) is 38.8 Å². The second kappa shape index (κ2) is 10.7. The summed E-state index contributed by atoms with van der Waals surface area (Å²) >= 11 is 0. The number of amides is 2. The molecule has 2 aliphatic rings. The van der Waals surface area contributed by atoms with Crippen molar-refractivity contribution in [1.29, 1.82) is 0 Å². The van der Waals surface area contributed by atoms with Crippen molar-refractivity contribution in [2.75, 3.05) is 37.6 Å². The molecule has 0 radical (unpaired) electrons. The van der Waals surface area contributed by atoms with Crippen LogP contribution in [-0.2, 0) is 6.18 Å². The number of rotatable bonds is 6. The van der Waals surface area contributed by atoms with Gasteiger partial charge in [-0.1, -0.05) is 42.5 Å². The first-order valence-corrected chi connectivity index (χ1v) is 12.3. The van der Waals surface area contributed by atoms with Gasteiger partial charge >= 0.3 is 12.3 Å².